The Morgan fingerprint density at radius 1 is 1.48 bits per heavy atom. The molecule has 0 bridgehead atoms. The van der Waals surface area contributed by atoms with E-state index in [-0.39, 0.29) is 5.96 Å². The predicted octanol–water partition coefficient (Wildman–Crippen LogP) is 2.66. The molecule has 0 aliphatic heterocycles. The predicted molar refractivity (Wildman–Crippen MR) is 78.2 cm³/mol. The molecular formula is C10H9Br2F3N4O2. The van der Waals surface area contributed by atoms with Crippen molar-refractivity contribution in [1.29, 1.82) is 5.40 Å². The first-order valence-corrected chi connectivity index (χ1v) is 6.49. The second kappa shape index (κ2) is 8.62. The summed E-state index contributed by atoms with van der Waals surface area (Å²) < 4.78 is 40.1. The van der Waals surface area contributed by atoms with E-state index < -0.39 is 12.1 Å². The quantitative estimate of drug-likeness (QED) is 0.326. The number of aliphatic carboxylic acids is 1. The topological polar surface area (TPSA) is 112 Å². The molecule has 0 radical (unpaired) electrons. The highest BCUT2D eigenvalue weighted by Gasteiger charge is 2.38. The molecule has 11 heteroatoms. The van der Waals surface area contributed by atoms with Crippen molar-refractivity contribution in [3.8, 4) is 0 Å². The van der Waals surface area contributed by atoms with Crippen molar-refractivity contribution in [2.24, 2.45) is 10.8 Å². The Labute approximate surface area is 135 Å². The molecule has 0 saturated carbocycles. The van der Waals surface area contributed by atoms with Gasteiger partial charge in [-0.1, -0.05) is 37.9 Å². The maximum atomic E-state index is 10.6. The summed E-state index contributed by atoms with van der Waals surface area (Å²) in [6, 6.07) is 5.70. The molecule has 0 amide bonds. The van der Waals surface area contributed by atoms with E-state index in [1.54, 1.807) is 6.21 Å². The summed E-state index contributed by atoms with van der Waals surface area (Å²) >= 11 is 6.77. The van der Waals surface area contributed by atoms with Crippen LogP contribution in [0, 0.1) is 5.40 Å². The molecule has 0 aliphatic carbocycles. The van der Waals surface area contributed by atoms with Gasteiger partial charge in [0.25, 0.3) is 0 Å². The van der Waals surface area contributed by atoms with Crippen molar-refractivity contribution in [2.45, 2.75) is 6.18 Å². The number of nitrogens with two attached hydrogens (primary N) is 1. The first kappa shape index (κ1) is 17.4. The van der Waals surface area contributed by atoms with Crippen molar-refractivity contribution in [3.05, 3.63) is 32.7 Å². The van der Waals surface area contributed by atoms with E-state index in [1.165, 1.54) is 0 Å². The van der Waals surface area contributed by atoms with Crippen molar-refractivity contribution in [2.75, 3.05) is 0 Å². The summed E-state index contributed by atoms with van der Waals surface area (Å²) in [5.41, 5.74) is 8.51. The van der Waals surface area contributed by atoms with E-state index in [9.17, 15) is 13.2 Å². The minimum atomic E-state index is -5.08. The number of hydrazone groups is 1. The monoisotopic (exact) mass is 432 g/mol. The van der Waals surface area contributed by atoms with Crippen LogP contribution in [0.5, 0.6) is 0 Å². The molecule has 1 aromatic carbocycles. The number of alkyl halides is 3. The fraction of sp³-hybridized carbons (Fsp3) is 0.100. The molecule has 1 aromatic rings. The van der Waals surface area contributed by atoms with Gasteiger partial charge in [0.15, 0.2) is 1.41 Å². The minimum Gasteiger partial charge on any atom is -0.475 e. The summed E-state index contributed by atoms with van der Waals surface area (Å²) in [6.07, 6.45) is -3.51. The number of nitrogens with zero attached hydrogens (tertiary/aromatic N) is 1. The van der Waals surface area contributed by atoms with Crippen molar-refractivity contribution in [3.63, 3.8) is 0 Å². The Morgan fingerprint density at radius 2 is 1.95 bits per heavy atom. The maximum Gasteiger partial charge on any atom is 0.490 e. The molecule has 5 N–H and O–H groups in total. The van der Waals surface area contributed by atoms with Gasteiger partial charge in [0.05, 0.1) is 6.21 Å². The van der Waals surface area contributed by atoms with Gasteiger partial charge in [-0.2, -0.15) is 18.3 Å². The van der Waals surface area contributed by atoms with Gasteiger partial charge in [0.2, 0.25) is 5.96 Å². The number of hydrogen-bond acceptors (Lipinski definition) is 3. The number of guanidine groups is 1. The van der Waals surface area contributed by atoms with Gasteiger partial charge in [-0.25, -0.2) is 10.2 Å². The number of benzene rings is 1. The van der Waals surface area contributed by atoms with Gasteiger partial charge in [-0.15, -0.1) is 0 Å². The van der Waals surface area contributed by atoms with E-state index in [2.05, 4.69) is 47.8 Å². The van der Waals surface area contributed by atoms with E-state index in [1.807, 2.05) is 18.2 Å². The third-order valence-electron chi connectivity index (χ3n) is 1.61. The Hall–Kier alpha value is -1.62. The summed E-state index contributed by atoms with van der Waals surface area (Å²) in [6.45, 7) is 0. The van der Waals surface area contributed by atoms with Crippen molar-refractivity contribution in [1.82, 2.24) is 5.43 Å². The molecule has 0 saturated heterocycles. The lowest BCUT2D eigenvalue weighted by Gasteiger charge is -2.00. The van der Waals surface area contributed by atoms with E-state index >= 15 is 0 Å². The average Bonchev–Trinajstić information content (AvgIpc) is 2.41. The Morgan fingerprint density at radius 3 is 2.33 bits per heavy atom. The molecule has 0 aliphatic rings. The Balaban J connectivity index is 0.000000534. The lowest BCUT2D eigenvalue weighted by atomic mass is 10.2. The highest BCUT2D eigenvalue weighted by Crippen LogP contribution is 2.22. The Kier molecular flexibility index (Phi) is 7.15. The second-order valence-corrected chi connectivity index (χ2v) is 4.90. The largest absolute Gasteiger partial charge is 0.490 e. The van der Waals surface area contributed by atoms with Crippen LogP contribution in [0.1, 0.15) is 5.56 Å². The number of carboxylic acid groups (broad SMARTS) is 1. The van der Waals surface area contributed by atoms with Gasteiger partial charge in [-0.05, 0) is 12.1 Å². The second-order valence-electron chi connectivity index (χ2n) is 3.19. The molecule has 0 atom stereocenters. The number of nitrogens with one attached hydrogen (secondary N) is 2. The summed E-state index contributed by atoms with van der Waals surface area (Å²) in [5, 5.41) is 13.9. The minimum absolute atomic E-state index is 0.0607. The first-order valence-electron chi connectivity index (χ1n) is 5.35. The summed E-state index contributed by atoms with van der Waals surface area (Å²) in [5.74, 6) is -2.82. The van der Waals surface area contributed by atoms with Crippen LogP contribution in [0.2, 0.25) is 1.41 Å². The number of carboxylic acids is 1. The highest BCUT2D eigenvalue weighted by atomic mass is 79.9. The zero-order valence-corrected chi connectivity index (χ0v) is 13.2. The van der Waals surface area contributed by atoms with Crippen LogP contribution < -0.4 is 11.2 Å². The number of hydrogen-bond donors (Lipinski definition) is 4. The van der Waals surface area contributed by atoms with Crippen LogP contribution in [-0.2, 0) is 4.79 Å². The van der Waals surface area contributed by atoms with Crippen LogP contribution in [0.15, 0.2) is 32.2 Å². The van der Waals surface area contributed by atoms with Gasteiger partial charge in [0, 0.05) is 14.5 Å². The molecule has 21 heavy (non-hydrogen) atoms. The van der Waals surface area contributed by atoms with Gasteiger partial charge >= 0.3 is 12.1 Å². The van der Waals surface area contributed by atoms with Gasteiger partial charge < -0.3 is 10.8 Å². The molecule has 116 valence electrons. The summed E-state index contributed by atoms with van der Waals surface area (Å²) in [4.78, 5) is 8.90. The molecule has 6 nitrogen and oxygen atoms in total. The lowest BCUT2D eigenvalue weighted by molar-refractivity contribution is -0.192. The molecule has 1 rings (SSSR count). The van der Waals surface area contributed by atoms with Crippen LogP contribution in [0.4, 0.5) is 13.2 Å². The lowest BCUT2D eigenvalue weighted by Crippen LogP contribution is -2.25. The third-order valence-corrected chi connectivity index (χ3v) is 3.00. The number of halogens is 5. The fourth-order valence-electron chi connectivity index (χ4n) is 0.797. The van der Waals surface area contributed by atoms with Crippen LogP contribution >= 0.6 is 31.9 Å². The maximum absolute atomic E-state index is 10.6. The van der Waals surface area contributed by atoms with Crippen molar-refractivity contribution >= 4 is 50.0 Å². The average molecular weight is 434 g/mol. The van der Waals surface area contributed by atoms with E-state index in [0.29, 0.717) is 0 Å². The molecule has 0 heterocycles. The van der Waals surface area contributed by atoms with Crippen molar-refractivity contribution < 1.29 is 24.5 Å². The molecular weight excluding hydrogens is 425 g/mol. The fourth-order valence-corrected chi connectivity index (χ4v) is 2.00. The standard InChI is InChI=1S/C8H8Br2N4.C2HF3O2/c9-6-2-1-3-7(10)5(6)4-13-14-8(11)12;3-2(4,5)1(6)7/h1-4H,(H4,11,12,14);(H,6,7). The van der Waals surface area contributed by atoms with Gasteiger partial charge in [0.1, 0.15) is 0 Å². The van der Waals surface area contributed by atoms with Crippen LogP contribution in [-0.4, -0.2) is 29.4 Å². The van der Waals surface area contributed by atoms with Crippen LogP contribution in [0.25, 0.3) is 0 Å². The molecule has 0 aromatic heterocycles. The third kappa shape index (κ3) is 8.30. The van der Waals surface area contributed by atoms with E-state index in [4.69, 9.17) is 17.0 Å². The first-order chi connectivity index (χ1) is 10.1. The zero-order valence-electron chi connectivity index (χ0n) is 11.0. The zero-order chi connectivity index (χ0) is 17.3. The molecule has 0 unspecified atom stereocenters. The normalized spacial score (nSPS) is 12.4. The van der Waals surface area contributed by atoms with Crippen LogP contribution in [0.3, 0.4) is 0 Å². The summed E-state index contributed by atoms with van der Waals surface area (Å²) in [7, 11) is 0. The number of rotatable bonds is 2. The van der Waals surface area contributed by atoms with Gasteiger partial charge in [-0.3, -0.25) is 5.40 Å². The van der Waals surface area contributed by atoms with E-state index in [0.717, 1.165) is 14.5 Å². The number of carbonyl (C=O) groups is 1. The SMILES string of the molecule is O=C(O)C(F)(F)F.[H]/N=C(\N)NN=Cc1c(Br)cccc1Br. The molecule has 0 spiro atoms. The smallest absolute Gasteiger partial charge is 0.475 e. The Bertz CT molecular complexity index is 562. The highest BCUT2D eigenvalue weighted by molar-refractivity contribution is 9.11. The molecule has 0 fully saturated rings.